The minimum atomic E-state index is -0.468. The van der Waals surface area contributed by atoms with Crippen molar-refractivity contribution in [2.75, 3.05) is 7.05 Å². The van der Waals surface area contributed by atoms with Crippen LogP contribution in [0.4, 0.5) is 4.39 Å². The minimum absolute atomic E-state index is 0.118. The first-order valence-corrected chi connectivity index (χ1v) is 8.33. The van der Waals surface area contributed by atoms with Crippen molar-refractivity contribution >= 4 is 22.5 Å². The van der Waals surface area contributed by atoms with Crippen LogP contribution >= 0.6 is 0 Å². The maximum absolute atomic E-state index is 13.9. The van der Waals surface area contributed by atoms with Crippen LogP contribution in [0.2, 0.25) is 0 Å². The number of pyridine rings is 1. The largest absolute Gasteiger partial charge is 0.448 e. The van der Waals surface area contributed by atoms with Crippen molar-refractivity contribution in [3.05, 3.63) is 71.1 Å². The summed E-state index contributed by atoms with van der Waals surface area (Å²) in [5.74, 6) is -0.590. The van der Waals surface area contributed by atoms with Gasteiger partial charge in [0.25, 0.3) is 5.91 Å². The molecule has 0 aliphatic rings. The van der Waals surface area contributed by atoms with E-state index in [0.29, 0.717) is 17.5 Å². The third-order valence-corrected chi connectivity index (χ3v) is 4.67. The molecule has 132 valence electrons. The van der Waals surface area contributed by atoms with Crippen LogP contribution in [-0.4, -0.2) is 27.2 Å². The molecule has 0 saturated heterocycles. The summed E-state index contributed by atoms with van der Waals surface area (Å²) in [6.07, 6.45) is 1.92. The predicted molar refractivity (Wildman–Crippen MR) is 96.6 cm³/mol. The Morgan fingerprint density at radius 2 is 2.04 bits per heavy atom. The number of hydrogen-bond donors (Lipinski definition) is 0. The van der Waals surface area contributed by atoms with Crippen LogP contribution in [0.1, 0.15) is 27.5 Å². The van der Waals surface area contributed by atoms with Gasteiger partial charge in [0.1, 0.15) is 5.65 Å². The summed E-state index contributed by atoms with van der Waals surface area (Å²) < 4.78 is 21.5. The van der Waals surface area contributed by atoms with Gasteiger partial charge in [-0.15, -0.1) is 0 Å². The lowest BCUT2D eigenvalue weighted by Gasteiger charge is -2.16. The zero-order chi connectivity index (χ0) is 18.4. The van der Waals surface area contributed by atoms with Crippen molar-refractivity contribution in [1.82, 2.24) is 14.3 Å². The molecule has 0 aliphatic heterocycles. The molecule has 0 bridgehead atoms. The molecule has 0 fully saturated rings. The van der Waals surface area contributed by atoms with Crippen molar-refractivity contribution in [1.29, 1.82) is 0 Å². The van der Waals surface area contributed by atoms with Crippen LogP contribution in [0.15, 0.2) is 47.0 Å². The van der Waals surface area contributed by atoms with Gasteiger partial charge in [0.2, 0.25) is 0 Å². The number of rotatable bonds is 3. The second-order valence-electron chi connectivity index (χ2n) is 6.41. The standard InChI is InChI=1S/C20H18FN3O2/c1-12-14-7-6-8-15(21)19(14)26-18(12)20(25)23(3)11-16-13(2)22-17-9-4-5-10-24(16)17/h4-10H,11H2,1-3H3. The van der Waals surface area contributed by atoms with Crippen LogP contribution in [0.3, 0.4) is 0 Å². The highest BCUT2D eigenvalue weighted by atomic mass is 19.1. The number of carbonyl (C=O) groups is 1. The smallest absolute Gasteiger partial charge is 0.289 e. The molecule has 0 saturated carbocycles. The van der Waals surface area contributed by atoms with Crippen molar-refractivity contribution in [3.8, 4) is 0 Å². The third-order valence-electron chi connectivity index (χ3n) is 4.67. The Morgan fingerprint density at radius 3 is 2.81 bits per heavy atom. The normalized spacial score (nSPS) is 11.4. The molecule has 0 radical (unpaired) electrons. The third kappa shape index (κ3) is 2.45. The zero-order valence-corrected chi connectivity index (χ0v) is 14.8. The number of fused-ring (bicyclic) bond motifs is 2. The van der Waals surface area contributed by atoms with Crippen molar-refractivity contribution in [2.45, 2.75) is 20.4 Å². The van der Waals surface area contributed by atoms with Gasteiger partial charge in [-0.1, -0.05) is 18.2 Å². The highest BCUT2D eigenvalue weighted by molar-refractivity contribution is 5.98. The number of nitrogens with zero attached hydrogens (tertiary/aromatic N) is 3. The van der Waals surface area contributed by atoms with Gasteiger partial charge < -0.3 is 13.7 Å². The molecule has 4 rings (SSSR count). The molecule has 3 heterocycles. The number of aromatic nitrogens is 2. The number of benzene rings is 1. The van der Waals surface area contributed by atoms with Crippen LogP contribution in [0.25, 0.3) is 16.6 Å². The Kier molecular flexibility index (Phi) is 3.76. The van der Waals surface area contributed by atoms with Crippen LogP contribution < -0.4 is 0 Å². The summed E-state index contributed by atoms with van der Waals surface area (Å²) in [4.78, 5) is 19.0. The summed E-state index contributed by atoms with van der Waals surface area (Å²) in [5, 5.41) is 0.618. The number of furan rings is 1. The minimum Gasteiger partial charge on any atom is -0.448 e. The number of halogens is 1. The van der Waals surface area contributed by atoms with Crippen molar-refractivity contribution < 1.29 is 13.6 Å². The molecule has 4 aromatic rings. The summed E-state index contributed by atoms with van der Waals surface area (Å²) >= 11 is 0. The molecule has 26 heavy (non-hydrogen) atoms. The maximum atomic E-state index is 13.9. The number of carbonyl (C=O) groups excluding carboxylic acids is 1. The lowest BCUT2D eigenvalue weighted by molar-refractivity contribution is 0.0752. The van der Waals surface area contributed by atoms with Crippen LogP contribution in [-0.2, 0) is 6.54 Å². The summed E-state index contributed by atoms with van der Waals surface area (Å²) in [6, 6.07) is 10.5. The van der Waals surface area contributed by atoms with E-state index in [9.17, 15) is 9.18 Å². The molecule has 1 aromatic carbocycles. The molecule has 0 atom stereocenters. The fraction of sp³-hybridized carbons (Fsp3) is 0.200. The highest BCUT2D eigenvalue weighted by Crippen LogP contribution is 2.28. The Bertz CT molecular complexity index is 1140. The maximum Gasteiger partial charge on any atom is 0.289 e. The Balaban J connectivity index is 1.69. The average molecular weight is 351 g/mol. The number of imidazole rings is 1. The van der Waals surface area contributed by atoms with Gasteiger partial charge in [-0.3, -0.25) is 4.79 Å². The van der Waals surface area contributed by atoms with E-state index in [2.05, 4.69) is 4.98 Å². The van der Waals surface area contributed by atoms with Gasteiger partial charge in [-0.25, -0.2) is 9.37 Å². The quantitative estimate of drug-likeness (QED) is 0.558. The average Bonchev–Trinajstić information content (AvgIpc) is 3.13. The lowest BCUT2D eigenvalue weighted by atomic mass is 10.1. The van der Waals surface area contributed by atoms with E-state index in [4.69, 9.17) is 4.42 Å². The zero-order valence-electron chi connectivity index (χ0n) is 14.8. The predicted octanol–water partition coefficient (Wildman–Crippen LogP) is 4.11. The van der Waals surface area contributed by atoms with Crippen molar-refractivity contribution in [3.63, 3.8) is 0 Å². The fourth-order valence-electron chi connectivity index (χ4n) is 3.24. The Labute approximate surface area is 149 Å². The Morgan fingerprint density at radius 1 is 1.23 bits per heavy atom. The van der Waals surface area contributed by atoms with Gasteiger partial charge in [-0.05, 0) is 32.0 Å². The van der Waals surface area contributed by atoms with Gasteiger partial charge in [0.15, 0.2) is 17.2 Å². The first-order chi connectivity index (χ1) is 12.5. The molecular weight excluding hydrogens is 333 g/mol. The van der Waals surface area contributed by atoms with Gasteiger partial charge in [-0.2, -0.15) is 0 Å². The van der Waals surface area contributed by atoms with E-state index in [-0.39, 0.29) is 17.3 Å². The number of hydrogen-bond acceptors (Lipinski definition) is 3. The monoisotopic (exact) mass is 351 g/mol. The summed E-state index contributed by atoms with van der Waals surface area (Å²) in [6.45, 7) is 4.06. The van der Waals surface area contributed by atoms with Gasteiger partial charge in [0, 0.05) is 24.2 Å². The summed E-state index contributed by atoms with van der Waals surface area (Å²) in [7, 11) is 1.70. The molecule has 0 spiro atoms. The molecule has 0 N–H and O–H groups in total. The van der Waals surface area contributed by atoms with E-state index >= 15 is 0 Å². The molecular formula is C20H18FN3O2. The first-order valence-electron chi connectivity index (χ1n) is 8.33. The number of aryl methyl sites for hydroxylation is 2. The van der Waals surface area contributed by atoms with E-state index in [1.807, 2.05) is 35.7 Å². The molecule has 5 nitrogen and oxygen atoms in total. The van der Waals surface area contributed by atoms with E-state index in [1.54, 1.807) is 31.0 Å². The topological polar surface area (TPSA) is 50.8 Å². The van der Waals surface area contributed by atoms with Gasteiger partial charge >= 0.3 is 0 Å². The number of amides is 1. The lowest BCUT2D eigenvalue weighted by Crippen LogP contribution is -2.27. The molecule has 0 aliphatic carbocycles. The molecule has 6 heteroatoms. The van der Waals surface area contributed by atoms with E-state index in [1.165, 1.54) is 6.07 Å². The van der Waals surface area contributed by atoms with Crippen LogP contribution in [0, 0.1) is 19.7 Å². The molecule has 1 amide bonds. The van der Waals surface area contributed by atoms with Crippen molar-refractivity contribution in [2.24, 2.45) is 0 Å². The van der Waals surface area contributed by atoms with Gasteiger partial charge in [0.05, 0.1) is 17.9 Å². The fourth-order valence-corrected chi connectivity index (χ4v) is 3.24. The van der Waals surface area contributed by atoms with Crippen LogP contribution in [0.5, 0.6) is 0 Å². The van der Waals surface area contributed by atoms with E-state index < -0.39 is 5.82 Å². The SMILES string of the molecule is Cc1nc2ccccn2c1CN(C)C(=O)c1oc2c(F)cccc2c1C. The number of para-hydroxylation sites is 1. The second kappa shape index (κ2) is 5.98. The molecule has 3 aromatic heterocycles. The molecule has 0 unspecified atom stereocenters. The second-order valence-corrected chi connectivity index (χ2v) is 6.41. The first kappa shape index (κ1) is 16.3. The summed E-state index contributed by atoms with van der Waals surface area (Å²) in [5.41, 5.74) is 3.39. The Hall–Kier alpha value is -3.15. The van der Waals surface area contributed by atoms with E-state index in [0.717, 1.165) is 17.0 Å². The highest BCUT2D eigenvalue weighted by Gasteiger charge is 2.23.